The predicted molar refractivity (Wildman–Crippen MR) is 83.4 cm³/mol. The van der Waals surface area contributed by atoms with Crippen molar-refractivity contribution >= 4 is 5.69 Å². The van der Waals surface area contributed by atoms with E-state index in [1.807, 2.05) is 31.2 Å². The van der Waals surface area contributed by atoms with Crippen LogP contribution in [-0.4, -0.2) is 18.1 Å². The average Bonchev–Trinajstić information content (AvgIpc) is 3.01. The fourth-order valence-corrected chi connectivity index (χ4v) is 2.85. The summed E-state index contributed by atoms with van der Waals surface area (Å²) in [5.74, 6) is 0. The van der Waals surface area contributed by atoms with Gasteiger partial charge in [0.25, 0.3) is 5.56 Å². The summed E-state index contributed by atoms with van der Waals surface area (Å²) in [5, 5.41) is 9.20. The van der Waals surface area contributed by atoms with Crippen LogP contribution in [0.2, 0.25) is 0 Å². The Bertz CT molecular complexity index is 747. The molecule has 0 bridgehead atoms. The summed E-state index contributed by atoms with van der Waals surface area (Å²) >= 11 is 0. The quantitative estimate of drug-likeness (QED) is 0.919. The van der Waals surface area contributed by atoms with Crippen LogP contribution in [0.3, 0.4) is 0 Å². The molecule has 2 aromatic rings. The second kappa shape index (κ2) is 5.45. The predicted octanol–water partition coefficient (Wildman–Crippen LogP) is 2.82. The zero-order valence-corrected chi connectivity index (χ0v) is 12.0. The summed E-state index contributed by atoms with van der Waals surface area (Å²) in [4.78, 5) is 16.9. The Morgan fingerprint density at radius 1 is 1.19 bits per heavy atom. The molecule has 0 saturated carbocycles. The molecule has 1 N–H and O–H groups in total. The van der Waals surface area contributed by atoms with Gasteiger partial charge >= 0.3 is 0 Å². The first-order chi connectivity index (χ1) is 10.2. The van der Waals surface area contributed by atoms with E-state index in [4.69, 9.17) is 0 Å². The molecule has 0 radical (unpaired) electrons. The SMILES string of the molecule is Cc1cc(-c2ccc(N3CCCC3)cc2)c(C#N)c(=O)[nH]1. The third-order valence-corrected chi connectivity index (χ3v) is 3.93. The van der Waals surface area contributed by atoms with Gasteiger partial charge in [0, 0.05) is 30.0 Å². The molecule has 0 atom stereocenters. The van der Waals surface area contributed by atoms with Gasteiger partial charge in [0.2, 0.25) is 0 Å². The van der Waals surface area contributed by atoms with Crippen LogP contribution in [0, 0.1) is 18.3 Å². The number of rotatable bonds is 2. The van der Waals surface area contributed by atoms with Gasteiger partial charge in [-0.2, -0.15) is 5.26 Å². The molecule has 4 nitrogen and oxygen atoms in total. The van der Waals surface area contributed by atoms with Gasteiger partial charge in [-0.05, 0) is 43.5 Å². The monoisotopic (exact) mass is 279 g/mol. The first kappa shape index (κ1) is 13.4. The lowest BCUT2D eigenvalue weighted by molar-refractivity contribution is 0.949. The van der Waals surface area contributed by atoms with E-state index in [0.29, 0.717) is 5.56 Å². The minimum atomic E-state index is -0.323. The van der Waals surface area contributed by atoms with E-state index in [1.54, 1.807) is 0 Å². The van der Waals surface area contributed by atoms with E-state index in [9.17, 15) is 10.1 Å². The Labute approximate surface area is 123 Å². The Morgan fingerprint density at radius 2 is 1.86 bits per heavy atom. The van der Waals surface area contributed by atoms with E-state index in [0.717, 1.165) is 24.3 Å². The van der Waals surface area contributed by atoms with Crippen LogP contribution in [-0.2, 0) is 0 Å². The maximum absolute atomic E-state index is 11.9. The molecule has 1 aromatic carbocycles. The average molecular weight is 279 g/mol. The van der Waals surface area contributed by atoms with Gasteiger partial charge in [0.15, 0.2) is 0 Å². The van der Waals surface area contributed by atoms with Crippen molar-refractivity contribution in [1.29, 1.82) is 5.26 Å². The molecule has 2 heterocycles. The molecule has 0 unspecified atom stereocenters. The van der Waals surface area contributed by atoms with Crippen molar-refractivity contribution in [3.05, 3.63) is 51.9 Å². The maximum Gasteiger partial charge on any atom is 0.266 e. The molecule has 0 spiro atoms. The lowest BCUT2D eigenvalue weighted by Gasteiger charge is -2.17. The van der Waals surface area contributed by atoms with Gasteiger partial charge in [-0.15, -0.1) is 0 Å². The van der Waals surface area contributed by atoms with Gasteiger partial charge in [-0.3, -0.25) is 4.79 Å². The molecular weight excluding hydrogens is 262 g/mol. The summed E-state index contributed by atoms with van der Waals surface area (Å²) in [7, 11) is 0. The number of H-pyrrole nitrogens is 1. The first-order valence-electron chi connectivity index (χ1n) is 7.18. The number of aryl methyl sites for hydroxylation is 1. The van der Waals surface area contributed by atoms with Crippen LogP contribution in [0.1, 0.15) is 24.1 Å². The van der Waals surface area contributed by atoms with E-state index in [2.05, 4.69) is 22.0 Å². The standard InChI is InChI=1S/C17H17N3O/c1-12-10-15(16(11-18)17(21)19-12)13-4-6-14(7-5-13)20-8-2-3-9-20/h4-7,10H,2-3,8-9H2,1H3,(H,19,21). The minimum absolute atomic E-state index is 0.175. The maximum atomic E-state index is 11.9. The van der Waals surface area contributed by atoms with Crippen LogP contribution in [0.15, 0.2) is 35.1 Å². The molecule has 21 heavy (non-hydrogen) atoms. The largest absolute Gasteiger partial charge is 0.372 e. The van der Waals surface area contributed by atoms with Gasteiger partial charge in [-0.25, -0.2) is 0 Å². The minimum Gasteiger partial charge on any atom is -0.372 e. The van der Waals surface area contributed by atoms with Crippen LogP contribution in [0.25, 0.3) is 11.1 Å². The van der Waals surface area contributed by atoms with Crippen molar-refractivity contribution in [2.45, 2.75) is 19.8 Å². The molecule has 0 aliphatic carbocycles. The second-order valence-electron chi connectivity index (χ2n) is 5.42. The van der Waals surface area contributed by atoms with Gasteiger partial charge in [0.1, 0.15) is 11.6 Å². The highest BCUT2D eigenvalue weighted by Gasteiger charge is 2.13. The smallest absolute Gasteiger partial charge is 0.266 e. The van der Waals surface area contributed by atoms with Crippen LogP contribution in [0.4, 0.5) is 5.69 Å². The van der Waals surface area contributed by atoms with E-state index < -0.39 is 0 Å². The summed E-state index contributed by atoms with van der Waals surface area (Å²) in [6, 6.07) is 12.0. The summed E-state index contributed by atoms with van der Waals surface area (Å²) in [6.45, 7) is 4.03. The highest BCUT2D eigenvalue weighted by Crippen LogP contribution is 2.26. The Morgan fingerprint density at radius 3 is 2.48 bits per heavy atom. The number of aromatic amines is 1. The van der Waals surface area contributed by atoms with Crippen LogP contribution >= 0.6 is 0 Å². The molecule has 1 fully saturated rings. The molecule has 1 aromatic heterocycles. The van der Waals surface area contributed by atoms with Crippen LogP contribution < -0.4 is 10.5 Å². The summed E-state index contributed by atoms with van der Waals surface area (Å²) < 4.78 is 0. The van der Waals surface area contributed by atoms with Crippen molar-refractivity contribution in [3.63, 3.8) is 0 Å². The molecule has 4 heteroatoms. The van der Waals surface area contributed by atoms with Crippen molar-refractivity contribution in [1.82, 2.24) is 4.98 Å². The third kappa shape index (κ3) is 2.55. The topological polar surface area (TPSA) is 59.9 Å². The Balaban J connectivity index is 2.01. The van der Waals surface area contributed by atoms with Gasteiger partial charge in [0.05, 0.1) is 0 Å². The Kier molecular flexibility index (Phi) is 3.49. The normalized spacial score (nSPS) is 14.2. The van der Waals surface area contributed by atoms with Gasteiger partial charge < -0.3 is 9.88 Å². The van der Waals surface area contributed by atoms with E-state index in [-0.39, 0.29) is 11.1 Å². The molecule has 1 aliphatic rings. The van der Waals surface area contributed by atoms with Crippen molar-refractivity contribution in [2.24, 2.45) is 0 Å². The summed E-state index contributed by atoms with van der Waals surface area (Å²) in [5.41, 5.74) is 3.43. The number of aromatic nitrogens is 1. The van der Waals surface area contributed by atoms with E-state index in [1.165, 1.54) is 18.5 Å². The van der Waals surface area contributed by atoms with Crippen molar-refractivity contribution in [3.8, 4) is 17.2 Å². The van der Waals surface area contributed by atoms with Crippen LogP contribution in [0.5, 0.6) is 0 Å². The molecule has 3 rings (SSSR count). The Hall–Kier alpha value is -2.54. The number of benzene rings is 1. The molecule has 1 saturated heterocycles. The number of nitrogens with zero attached hydrogens (tertiary/aromatic N) is 2. The first-order valence-corrected chi connectivity index (χ1v) is 7.18. The zero-order valence-electron chi connectivity index (χ0n) is 12.0. The van der Waals surface area contributed by atoms with E-state index >= 15 is 0 Å². The van der Waals surface area contributed by atoms with Crippen molar-refractivity contribution in [2.75, 3.05) is 18.0 Å². The fourth-order valence-electron chi connectivity index (χ4n) is 2.85. The number of hydrogen-bond acceptors (Lipinski definition) is 3. The molecule has 0 amide bonds. The fraction of sp³-hybridized carbons (Fsp3) is 0.294. The number of pyridine rings is 1. The highest BCUT2D eigenvalue weighted by atomic mass is 16.1. The van der Waals surface area contributed by atoms with Crippen molar-refractivity contribution < 1.29 is 0 Å². The number of hydrogen-bond donors (Lipinski definition) is 1. The number of nitrogens with one attached hydrogen (secondary N) is 1. The molecule has 1 aliphatic heterocycles. The zero-order chi connectivity index (χ0) is 14.8. The number of anilines is 1. The lowest BCUT2D eigenvalue weighted by Crippen LogP contribution is -2.17. The number of nitriles is 1. The second-order valence-corrected chi connectivity index (χ2v) is 5.42. The molecular formula is C17H17N3O. The lowest BCUT2D eigenvalue weighted by atomic mass is 10.0. The molecule has 106 valence electrons. The third-order valence-electron chi connectivity index (χ3n) is 3.93. The van der Waals surface area contributed by atoms with Gasteiger partial charge in [-0.1, -0.05) is 12.1 Å². The summed E-state index contributed by atoms with van der Waals surface area (Å²) in [6.07, 6.45) is 2.49. The highest BCUT2D eigenvalue weighted by molar-refractivity contribution is 5.72.